The first kappa shape index (κ1) is 16.3. The first-order valence-corrected chi connectivity index (χ1v) is 6.91. The Morgan fingerprint density at radius 1 is 1.32 bits per heavy atom. The van der Waals surface area contributed by atoms with Crippen molar-refractivity contribution in [2.24, 2.45) is 0 Å². The average Bonchev–Trinajstić information content (AvgIpc) is 2.31. The third kappa shape index (κ3) is 6.29. The molecule has 108 valence electrons. The van der Waals surface area contributed by atoms with E-state index in [2.05, 4.69) is 28.2 Å². The van der Waals surface area contributed by atoms with Crippen LogP contribution >= 0.6 is 15.9 Å². The summed E-state index contributed by atoms with van der Waals surface area (Å²) in [6, 6.07) is 5.44. The molecule has 19 heavy (non-hydrogen) atoms. The maximum atomic E-state index is 12.1. The second kappa shape index (κ2) is 7.75. The lowest BCUT2D eigenvalue weighted by molar-refractivity contribution is -0.139. The van der Waals surface area contributed by atoms with Crippen LogP contribution in [0.4, 0.5) is 13.2 Å². The molecule has 1 aromatic carbocycles. The monoisotopic (exact) mass is 339 g/mol. The minimum Gasteiger partial charge on any atom is -0.492 e. The molecule has 0 aliphatic heterocycles. The molecule has 1 rings (SSSR count). The third-order valence-electron chi connectivity index (χ3n) is 2.42. The number of halogens is 4. The second-order valence-corrected chi connectivity index (χ2v) is 4.97. The zero-order valence-electron chi connectivity index (χ0n) is 10.7. The molecule has 0 radical (unpaired) electrons. The smallest absolute Gasteiger partial charge is 0.392 e. The van der Waals surface area contributed by atoms with Gasteiger partial charge in [0.15, 0.2) is 0 Å². The summed E-state index contributed by atoms with van der Waals surface area (Å²) in [5.41, 5.74) is 0.852. The molecular weight excluding hydrogens is 323 g/mol. The number of rotatable bonds is 7. The van der Waals surface area contributed by atoms with E-state index in [0.29, 0.717) is 16.8 Å². The molecule has 1 aromatic rings. The van der Waals surface area contributed by atoms with Gasteiger partial charge >= 0.3 is 6.18 Å². The summed E-state index contributed by atoms with van der Waals surface area (Å²) in [6.07, 6.45) is -4.14. The van der Waals surface area contributed by atoms with Crippen LogP contribution in [0.15, 0.2) is 22.7 Å². The first-order valence-electron chi connectivity index (χ1n) is 6.11. The predicted octanol–water partition coefficient (Wildman–Crippen LogP) is 4.28. The molecule has 0 heterocycles. The van der Waals surface area contributed by atoms with Crippen molar-refractivity contribution in [2.45, 2.75) is 32.5 Å². The van der Waals surface area contributed by atoms with Gasteiger partial charge in [0, 0.05) is 12.1 Å². The molecular formula is C13H17BrF3NO. The molecule has 0 spiro atoms. The standard InChI is InChI=1S/C13H17BrF3NO/c1-2-7-18-9-10-4-3-5-11(14)12(10)19-8-6-13(15,16)17/h3-5,18H,2,6-9H2,1H3. The van der Waals surface area contributed by atoms with E-state index >= 15 is 0 Å². The molecule has 1 N–H and O–H groups in total. The average molecular weight is 340 g/mol. The van der Waals surface area contributed by atoms with Gasteiger partial charge in [-0.15, -0.1) is 0 Å². The number of hydrogen-bond acceptors (Lipinski definition) is 2. The molecule has 2 nitrogen and oxygen atoms in total. The zero-order valence-corrected chi connectivity index (χ0v) is 12.3. The molecule has 0 atom stereocenters. The van der Waals surface area contributed by atoms with E-state index in [9.17, 15) is 13.2 Å². The van der Waals surface area contributed by atoms with E-state index in [4.69, 9.17) is 4.74 Å². The number of alkyl halides is 3. The van der Waals surface area contributed by atoms with E-state index < -0.39 is 12.6 Å². The summed E-state index contributed by atoms with van der Waals surface area (Å²) in [6.45, 7) is 3.12. The van der Waals surface area contributed by atoms with Crippen molar-refractivity contribution in [3.8, 4) is 5.75 Å². The molecule has 0 aliphatic carbocycles. The van der Waals surface area contributed by atoms with Crippen LogP contribution in [0.1, 0.15) is 25.3 Å². The minimum atomic E-state index is -4.19. The maximum absolute atomic E-state index is 12.1. The molecule has 6 heteroatoms. The highest BCUT2D eigenvalue weighted by Gasteiger charge is 2.27. The number of hydrogen-bond donors (Lipinski definition) is 1. The van der Waals surface area contributed by atoms with Crippen LogP contribution in [0.25, 0.3) is 0 Å². The number of para-hydroxylation sites is 1. The Kier molecular flexibility index (Phi) is 6.65. The van der Waals surface area contributed by atoms with Crippen molar-refractivity contribution >= 4 is 15.9 Å². The summed E-state index contributed by atoms with van der Waals surface area (Å²) in [4.78, 5) is 0. The molecule has 0 saturated carbocycles. The Balaban J connectivity index is 2.63. The normalized spacial score (nSPS) is 11.6. The van der Waals surface area contributed by atoms with E-state index in [-0.39, 0.29) is 6.61 Å². The Hall–Kier alpha value is -0.750. The highest BCUT2D eigenvalue weighted by atomic mass is 79.9. The Morgan fingerprint density at radius 3 is 2.68 bits per heavy atom. The van der Waals surface area contributed by atoms with Crippen molar-refractivity contribution in [1.29, 1.82) is 0 Å². The molecule has 0 amide bonds. The quantitative estimate of drug-likeness (QED) is 0.748. The van der Waals surface area contributed by atoms with Gasteiger partial charge in [0.1, 0.15) is 5.75 Å². The molecule has 0 aliphatic rings. The third-order valence-corrected chi connectivity index (χ3v) is 3.05. The van der Waals surface area contributed by atoms with E-state index in [1.165, 1.54) is 0 Å². The summed E-state index contributed by atoms with van der Waals surface area (Å²) in [5.74, 6) is 0.482. The van der Waals surface area contributed by atoms with Crippen LogP contribution in [-0.2, 0) is 6.54 Å². The zero-order chi connectivity index (χ0) is 14.3. The van der Waals surface area contributed by atoms with Gasteiger partial charge < -0.3 is 10.1 Å². The van der Waals surface area contributed by atoms with Gasteiger partial charge in [-0.2, -0.15) is 13.2 Å². The van der Waals surface area contributed by atoms with Crippen LogP contribution in [0.2, 0.25) is 0 Å². The van der Waals surface area contributed by atoms with Crippen molar-refractivity contribution < 1.29 is 17.9 Å². The van der Waals surface area contributed by atoms with Crippen LogP contribution in [-0.4, -0.2) is 19.3 Å². The fourth-order valence-electron chi connectivity index (χ4n) is 1.52. The summed E-state index contributed by atoms with van der Waals surface area (Å²) in [7, 11) is 0. The van der Waals surface area contributed by atoms with Gasteiger partial charge in [0.25, 0.3) is 0 Å². The fraction of sp³-hybridized carbons (Fsp3) is 0.538. The minimum absolute atomic E-state index is 0.368. The summed E-state index contributed by atoms with van der Waals surface area (Å²) in [5, 5.41) is 3.20. The highest BCUT2D eigenvalue weighted by molar-refractivity contribution is 9.10. The van der Waals surface area contributed by atoms with Crippen molar-refractivity contribution in [3.63, 3.8) is 0 Å². The van der Waals surface area contributed by atoms with Crippen molar-refractivity contribution in [1.82, 2.24) is 5.32 Å². The maximum Gasteiger partial charge on any atom is 0.392 e. The molecule has 0 fully saturated rings. The topological polar surface area (TPSA) is 21.3 Å². The van der Waals surface area contributed by atoms with Gasteiger partial charge in [-0.1, -0.05) is 19.1 Å². The summed E-state index contributed by atoms with van der Waals surface area (Å²) >= 11 is 3.30. The van der Waals surface area contributed by atoms with Gasteiger partial charge in [-0.3, -0.25) is 0 Å². The van der Waals surface area contributed by atoms with Crippen LogP contribution < -0.4 is 10.1 Å². The Labute approximate surface area is 119 Å². The van der Waals surface area contributed by atoms with Crippen LogP contribution in [0.5, 0.6) is 5.75 Å². The number of ether oxygens (including phenoxy) is 1. The predicted molar refractivity (Wildman–Crippen MR) is 72.3 cm³/mol. The van der Waals surface area contributed by atoms with Crippen molar-refractivity contribution in [3.05, 3.63) is 28.2 Å². The van der Waals surface area contributed by atoms with Crippen LogP contribution in [0.3, 0.4) is 0 Å². The SMILES string of the molecule is CCCNCc1cccc(Br)c1OCCC(F)(F)F. The Bertz CT molecular complexity index is 396. The first-order chi connectivity index (χ1) is 8.94. The molecule has 0 saturated heterocycles. The van der Waals surface area contributed by atoms with Crippen molar-refractivity contribution in [2.75, 3.05) is 13.2 Å². The largest absolute Gasteiger partial charge is 0.492 e. The lowest BCUT2D eigenvalue weighted by Crippen LogP contribution is -2.16. The fourth-order valence-corrected chi connectivity index (χ4v) is 2.04. The van der Waals surface area contributed by atoms with Gasteiger partial charge in [-0.05, 0) is 35.0 Å². The van der Waals surface area contributed by atoms with Gasteiger partial charge in [0.2, 0.25) is 0 Å². The molecule has 0 aromatic heterocycles. The lowest BCUT2D eigenvalue weighted by atomic mass is 10.2. The number of benzene rings is 1. The highest BCUT2D eigenvalue weighted by Crippen LogP contribution is 2.30. The van der Waals surface area contributed by atoms with E-state index in [0.717, 1.165) is 18.5 Å². The number of nitrogens with one attached hydrogen (secondary N) is 1. The molecule has 0 unspecified atom stereocenters. The lowest BCUT2D eigenvalue weighted by Gasteiger charge is -2.14. The van der Waals surface area contributed by atoms with Gasteiger partial charge in [0.05, 0.1) is 17.5 Å². The van der Waals surface area contributed by atoms with E-state index in [1.807, 2.05) is 12.1 Å². The second-order valence-electron chi connectivity index (χ2n) is 4.12. The van der Waals surface area contributed by atoms with Crippen LogP contribution in [0, 0.1) is 0 Å². The Morgan fingerprint density at radius 2 is 2.05 bits per heavy atom. The van der Waals surface area contributed by atoms with Gasteiger partial charge in [-0.25, -0.2) is 0 Å². The summed E-state index contributed by atoms with van der Waals surface area (Å²) < 4.78 is 42.3. The van der Waals surface area contributed by atoms with E-state index in [1.54, 1.807) is 6.07 Å². The molecule has 0 bridgehead atoms.